The van der Waals surface area contributed by atoms with Gasteiger partial charge in [0.05, 0.1) is 28.7 Å². The van der Waals surface area contributed by atoms with Crippen molar-refractivity contribution in [2.24, 2.45) is 0 Å². The predicted molar refractivity (Wildman–Crippen MR) is 81.0 cm³/mol. The monoisotopic (exact) mass is 323 g/mol. The van der Waals surface area contributed by atoms with Crippen molar-refractivity contribution in [1.29, 1.82) is 0 Å². The molecule has 0 saturated carbocycles. The minimum absolute atomic E-state index is 0.00722. The van der Waals surface area contributed by atoms with Crippen molar-refractivity contribution in [2.75, 3.05) is 0 Å². The topological polar surface area (TPSA) is 89.5 Å². The summed E-state index contributed by atoms with van der Waals surface area (Å²) >= 11 is 0. The third kappa shape index (κ3) is 2.25. The molecule has 2 amide bonds. The maximum Gasteiger partial charge on any atom is 0.383 e. The number of fused-ring (bicyclic) bond motifs is 2. The molecule has 0 radical (unpaired) electrons. The largest absolute Gasteiger partial charge is 0.383 e. The van der Waals surface area contributed by atoms with Crippen LogP contribution in [0.4, 0.5) is 0 Å². The Morgan fingerprint density at radius 3 is 2.29 bits per heavy atom. The normalized spacial score (nSPS) is 15.9. The van der Waals surface area contributed by atoms with Crippen molar-refractivity contribution in [3.05, 3.63) is 58.7 Å². The van der Waals surface area contributed by atoms with E-state index in [1.54, 1.807) is 12.1 Å². The smallest absolute Gasteiger partial charge is 0.322 e. The van der Waals surface area contributed by atoms with E-state index in [-0.39, 0.29) is 16.8 Å². The molecule has 120 valence electrons. The molecule has 1 aromatic carbocycles. The number of hydrogen-bond acceptors (Lipinski definition) is 6. The number of hydrogen-bond donors (Lipinski definition) is 0. The van der Waals surface area contributed by atoms with Crippen LogP contribution in [0.3, 0.4) is 0 Å². The summed E-state index contributed by atoms with van der Waals surface area (Å²) in [6.45, 7) is 0. The number of carbonyl (C=O) groups is 3. The van der Waals surface area contributed by atoms with Crippen LogP contribution in [0.5, 0.6) is 0 Å². The maximum atomic E-state index is 12.3. The van der Waals surface area contributed by atoms with Gasteiger partial charge in [-0.2, -0.15) is 0 Å². The molecule has 0 saturated heterocycles. The van der Waals surface area contributed by atoms with Gasteiger partial charge in [0.1, 0.15) is 0 Å². The van der Waals surface area contributed by atoms with Crippen LogP contribution >= 0.6 is 0 Å². The number of amides is 2. The average Bonchev–Trinajstić information content (AvgIpc) is 2.86. The minimum Gasteiger partial charge on any atom is -0.322 e. The Bertz CT molecular complexity index is 843. The van der Waals surface area contributed by atoms with Gasteiger partial charge in [-0.1, -0.05) is 17.2 Å². The van der Waals surface area contributed by atoms with Gasteiger partial charge >= 0.3 is 5.97 Å². The quantitative estimate of drug-likeness (QED) is 0.782. The molecule has 0 unspecified atom stereocenters. The first-order chi connectivity index (χ1) is 11.6. The fourth-order valence-electron chi connectivity index (χ4n) is 2.92. The van der Waals surface area contributed by atoms with Gasteiger partial charge in [0.25, 0.3) is 11.8 Å². The molecule has 2 heterocycles. The van der Waals surface area contributed by atoms with E-state index in [1.165, 1.54) is 18.3 Å². The van der Waals surface area contributed by atoms with Crippen LogP contribution in [0.25, 0.3) is 0 Å². The lowest BCUT2D eigenvalue weighted by Gasteiger charge is -2.15. The molecule has 24 heavy (non-hydrogen) atoms. The summed E-state index contributed by atoms with van der Waals surface area (Å²) in [5.41, 5.74) is 2.09. The van der Waals surface area contributed by atoms with E-state index in [1.807, 2.05) is 0 Å². The second kappa shape index (κ2) is 5.52. The minimum atomic E-state index is -0.870. The SMILES string of the molecule is O=C(ON1C(=O)c2ccccc2C1=O)c1cnc2c(n1)CCCC2. The number of imide groups is 1. The lowest BCUT2D eigenvalue weighted by Crippen LogP contribution is -2.33. The summed E-state index contributed by atoms with van der Waals surface area (Å²) in [5.74, 6) is -2.19. The Morgan fingerprint density at radius 2 is 1.62 bits per heavy atom. The van der Waals surface area contributed by atoms with Gasteiger partial charge in [-0.05, 0) is 37.8 Å². The summed E-state index contributed by atoms with van der Waals surface area (Å²) in [7, 11) is 0. The summed E-state index contributed by atoms with van der Waals surface area (Å²) in [6, 6.07) is 6.32. The molecule has 1 aliphatic carbocycles. The van der Waals surface area contributed by atoms with Gasteiger partial charge in [0.2, 0.25) is 0 Å². The number of aryl methyl sites for hydroxylation is 2. The van der Waals surface area contributed by atoms with Crippen molar-refractivity contribution in [3.63, 3.8) is 0 Å². The van der Waals surface area contributed by atoms with Gasteiger partial charge < -0.3 is 4.84 Å². The Morgan fingerprint density at radius 1 is 1.00 bits per heavy atom. The number of nitrogens with zero attached hydrogens (tertiary/aromatic N) is 3. The van der Waals surface area contributed by atoms with Gasteiger partial charge in [0.15, 0.2) is 5.69 Å². The molecule has 0 atom stereocenters. The molecular formula is C17H13N3O4. The van der Waals surface area contributed by atoms with Crippen LogP contribution < -0.4 is 0 Å². The molecule has 0 bridgehead atoms. The average molecular weight is 323 g/mol. The summed E-state index contributed by atoms with van der Waals surface area (Å²) in [4.78, 5) is 50.2. The van der Waals surface area contributed by atoms with Crippen LogP contribution in [-0.4, -0.2) is 32.8 Å². The van der Waals surface area contributed by atoms with E-state index in [4.69, 9.17) is 4.84 Å². The molecule has 2 aliphatic rings. The molecule has 7 nitrogen and oxygen atoms in total. The molecule has 4 rings (SSSR count). The number of rotatable bonds is 2. The van der Waals surface area contributed by atoms with Crippen molar-refractivity contribution < 1.29 is 19.2 Å². The number of hydroxylamine groups is 2. The maximum absolute atomic E-state index is 12.3. The highest BCUT2D eigenvalue weighted by atomic mass is 16.7. The molecule has 1 aromatic heterocycles. The fourth-order valence-corrected chi connectivity index (χ4v) is 2.92. The van der Waals surface area contributed by atoms with Crippen LogP contribution in [-0.2, 0) is 17.7 Å². The molecule has 0 fully saturated rings. The van der Waals surface area contributed by atoms with E-state index in [2.05, 4.69) is 9.97 Å². The summed E-state index contributed by atoms with van der Waals surface area (Å²) in [6.07, 6.45) is 4.98. The zero-order valence-corrected chi connectivity index (χ0v) is 12.7. The van der Waals surface area contributed by atoms with Crippen LogP contribution in [0, 0.1) is 0 Å². The Balaban J connectivity index is 1.57. The molecule has 0 N–H and O–H groups in total. The highest BCUT2D eigenvalue weighted by Crippen LogP contribution is 2.23. The predicted octanol–water partition coefficient (Wildman–Crippen LogP) is 1.72. The van der Waals surface area contributed by atoms with Crippen molar-refractivity contribution in [1.82, 2.24) is 15.0 Å². The summed E-state index contributed by atoms with van der Waals surface area (Å²) < 4.78 is 0. The van der Waals surface area contributed by atoms with E-state index in [0.717, 1.165) is 37.1 Å². The van der Waals surface area contributed by atoms with Gasteiger partial charge in [-0.3, -0.25) is 14.6 Å². The highest BCUT2D eigenvalue weighted by molar-refractivity contribution is 6.21. The standard InChI is InChI=1S/C17H13N3O4/c21-15-10-5-1-2-6-11(10)16(22)20(15)24-17(23)14-9-18-12-7-3-4-8-13(12)19-14/h1-2,5-6,9H,3-4,7-8H2. The highest BCUT2D eigenvalue weighted by Gasteiger charge is 2.39. The van der Waals surface area contributed by atoms with E-state index in [0.29, 0.717) is 5.06 Å². The van der Waals surface area contributed by atoms with E-state index < -0.39 is 17.8 Å². The zero-order chi connectivity index (χ0) is 16.7. The van der Waals surface area contributed by atoms with Gasteiger partial charge in [-0.25, -0.2) is 9.78 Å². The number of carbonyl (C=O) groups excluding carboxylic acids is 3. The van der Waals surface area contributed by atoms with Crippen LogP contribution in [0.2, 0.25) is 0 Å². The first-order valence-corrected chi connectivity index (χ1v) is 7.70. The van der Waals surface area contributed by atoms with Crippen molar-refractivity contribution >= 4 is 17.8 Å². The van der Waals surface area contributed by atoms with Crippen LogP contribution in [0.1, 0.15) is 55.4 Å². The molecule has 7 heteroatoms. The van der Waals surface area contributed by atoms with E-state index in [9.17, 15) is 14.4 Å². The lowest BCUT2D eigenvalue weighted by molar-refractivity contribution is -0.0589. The Hall–Kier alpha value is -3.09. The third-order valence-electron chi connectivity index (χ3n) is 4.15. The van der Waals surface area contributed by atoms with Crippen molar-refractivity contribution in [2.45, 2.75) is 25.7 Å². The Kier molecular flexibility index (Phi) is 3.34. The number of aromatic nitrogens is 2. The summed E-state index contributed by atoms with van der Waals surface area (Å²) in [5, 5.41) is 0.480. The number of benzene rings is 1. The van der Waals surface area contributed by atoms with E-state index >= 15 is 0 Å². The van der Waals surface area contributed by atoms with Gasteiger partial charge in [-0.15, -0.1) is 0 Å². The van der Waals surface area contributed by atoms with Crippen LogP contribution in [0.15, 0.2) is 30.5 Å². The zero-order valence-electron chi connectivity index (χ0n) is 12.7. The molecule has 2 aromatic rings. The second-order valence-electron chi connectivity index (χ2n) is 5.68. The van der Waals surface area contributed by atoms with Gasteiger partial charge in [0, 0.05) is 0 Å². The lowest BCUT2D eigenvalue weighted by atomic mass is 10.0. The third-order valence-corrected chi connectivity index (χ3v) is 4.15. The Labute approximate surface area is 137 Å². The molecule has 1 aliphatic heterocycles. The first-order valence-electron chi connectivity index (χ1n) is 7.70. The fraction of sp³-hybridized carbons (Fsp3) is 0.235. The first kappa shape index (κ1) is 14.5. The van der Waals surface area contributed by atoms with Crippen molar-refractivity contribution in [3.8, 4) is 0 Å². The molecule has 0 spiro atoms. The molecular weight excluding hydrogens is 310 g/mol. The second-order valence-corrected chi connectivity index (χ2v) is 5.68.